The molecule has 0 aromatic carbocycles. The van der Waals surface area contributed by atoms with E-state index in [-0.39, 0.29) is 5.91 Å². The van der Waals surface area contributed by atoms with Crippen LogP contribution in [0.5, 0.6) is 0 Å². The van der Waals surface area contributed by atoms with E-state index in [1.165, 1.54) is 0 Å². The van der Waals surface area contributed by atoms with E-state index < -0.39 is 0 Å². The Hall–Kier alpha value is -0.570. The van der Waals surface area contributed by atoms with Gasteiger partial charge in [0.05, 0.1) is 0 Å². The second-order valence-electron chi connectivity index (χ2n) is 4.32. The molecule has 0 radical (unpaired) electrons. The lowest BCUT2D eigenvalue weighted by molar-refractivity contribution is -0.133. The Morgan fingerprint density at radius 1 is 1.33 bits per heavy atom. The van der Waals surface area contributed by atoms with Gasteiger partial charge in [0.2, 0.25) is 5.91 Å². The summed E-state index contributed by atoms with van der Waals surface area (Å²) in [6, 6.07) is 0.357. The summed E-state index contributed by atoms with van der Waals surface area (Å²) in [7, 11) is 0. The van der Waals surface area contributed by atoms with Crippen LogP contribution in [0.25, 0.3) is 0 Å². The smallest absolute Gasteiger partial charge is 0.222 e. The molecule has 0 heterocycles. The van der Waals surface area contributed by atoms with Crippen molar-refractivity contribution in [3.05, 3.63) is 0 Å². The van der Waals surface area contributed by atoms with Crippen molar-refractivity contribution in [3.63, 3.8) is 0 Å². The summed E-state index contributed by atoms with van der Waals surface area (Å²) in [6.45, 7) is 9.83. The predicted octanol–water partition coefficient (Wildman–Crippen LogP) is 2.01. The maximum Gasteiger partial charge on any atom is 0.222 e. The van der Waals surface area contributed by atoms with Gasteiger partial charge in [-0.25, -0.2) is 0 Å². The number of amides is 1. The van der Waals surface area contributed by atoms with E-state index in [0.717, 1.165) is 19.4 Å². The molecule has 15 heavy (non-hydrogen) atoms. The molecule has 2 unspecified atom stereocenters. The molecule has 0 aliphatic heterocycles. The molecule has 0 aliphatic rings. The molecule has 0 saturated carbocycles. The molecule has 0 aromatic heterocycles. The highest BCUT2D eigenvalue weighted by molar-refractivity contribution is 5.76. The molecular weight excluding hydrogens is 188 g/mol. The van der Waals surface area contributed by atoms with E-state index in [1.54, 1.807) is 0 Å². The lowest BCUT2D eigenvalue weighted by atomic mass is 10.0. The minimum Gasteiger partial charge on any atom is -0.340 e. The fourth-order valence-electron chi connectivity index (χ4n) is 1.59. The number of hydrogen-bond acceptors (Lipinski definition) is 2. The summed E-state index contributed by atoms with van der Waals surface area (Å²) in [5.74, 6) is 0.719. The zero-order chi connectivity index (χ0) is 11.8. The van der Waals surface area contributed by atoms with Crippen molar-refractivity contribution in [2.24, 2.45) is 11.7 Å². The maximum atomic E-state index is 11.9. The van der Waals surface area contributed by atoms with E-state index in [9.17, 15) is 4.79 Å². The van der Waals surface area contributed by atoms with Gasteiger partial charge in [-0.2, -0.15) is 0 Å². The van der Waals surface area contributed by atoms with Gasteiger partial charge in [-0.05, 0) is 39.2 Å². The lowest BCUT2D eigenvalue weighted by Crippen LogP contribution is -2.38. The van der Waals surface area contributed by atoms with Gasteiger partial charge in [-0.3, -0.25) is 4.79 Å². The van der Waals surface area contributed by atoms with Crippen molar-refractivity contribution in [1.82, 2.24) is 4.90 Å². The van der Waals surface area contributed by atoms with Crippen molar-refractivity contribution in [1.29, 1.82) is 0 Å². The molecule has 0 fully saturated rings. The molecule has 90 valence electrons. The Morgan fingerprint density at radius 2 is 1.93 bits per heavy atom. The number of nitrogens with two attached hydrogens (primary N) is 1. The molecule has 0 rings (SSSR count). The maximum absolute atomic E-state index is 11.9. The van der Waals surface area contributed by atoms with E-state index in [2.05, 4.69) is 20.8 Å². The average Bonchev–Trinajstić information content (AvgIpc) is 2.26. The number of nitrogens with zero attached hydrogens (tertiary/aromatic N) is 1. The second kappa shape index (κ2) is 7.69. The van der Waals surface area contributed by atoms with Crippen molar-refractivity contribution < 1.29 is 4.79 Å². The van der Waals surface area contributed by atoms with Crippen LogP contribution in [0.3, 0.4) is 0 Å². The Bertz CT molecular complexity index is 182. The first-order valence-corrected chi connectivity index (χ1v) is 6.06. The van der Waals surface area contributed by atoms with Gasteiger partial charge in [0.25, 0.3) is 0 Å². The van der Waals surface area contributed by atoms with E-state index in [0.29, 0.717) is 24.9 Å². The Balaban J connectivity index is 4.04. The quantitative estimate of drug-likeness (QED) is 0.704. The number of rotatable bonds is 7. The highest BCUT2D eigenvalue weighted by Crippen LogP contribution is 2.10. The number of carbonyl (C=O) groups excluding carboxylic acids is 1. The average molecular weight is 214 g/mol. The third-order valence-electron chi connectivity index (χ3n) is 3.04. The zero-order valence-electron chi connectivity index (χ0n) is 10.6. The third kappa shape index (κ3) is 5.17. The highest BCUT2D eigenvalue weighted by Gasteiger charge is 2.16. The summed E-state index contributed by atoms with van der Waals surface area (Å²) in [5, 5.41) is 0. The van der Waals surface area contributed by atoms with Gasteiger partial charge in [0.1, 0.15) is 0 Å². The first-order valence-electron chi connectivity index (χ1n) is 6.06. The van der Waals surface area contributed by atoms with Crippen molar-refractivity contribution in [2.75, 3.05) is 13.1 Å². The fourth-order valence-corrected chi connectivity index (χ4v) is 1.59. The minimum atomic E-state index is 0.271. The fraction of sp³-hybridized carbons (Fsp3) is 0.917. The number of carbonyl (C=O) groups is 1. The molecule has 0 aromatic rings. The van der Waals surface area contributed by atoms with E-state index >= 15 is 0 Å². The van der Waals surface area contributed by atoms with Gasteiger partial charge in [0.15, 0.2) is 0 Å². The Kier molecular flexibility index (Phi) is 7.39. The van der Waals surface area contributed by atoms with Crippen LogP contribution < -0.4 is 5.73 Å². The third-order valence-corrected chi connectivity index (χ3v) is 3.04. The molecule has 0 spiro atoms. The highest BCUT2D eigenvalue weighted by atomic mass is 16.2. The van der Waals surface area contributed by atoms with E-state index in [1.807, 2.05) is 11.8 Å². The van der Waals surface area contributed by atoms with Gasteiger partial charge in [0, 0.05) is 19.0 Å². The van der Waals surface area contributed by atoms with Crippen LogP contribution in [0.2, 0.25) is 0 Å². The summed E-state index contributed by atoms with van der Waals surface area (Å²) in [6.07, 6.45) is 2.56. The normalized spacial score (nSPS) is 14.7. The zero-order valence-corrected chi connectivity index (χ0v) is 10.6. The Labute approximate surface area is 94.0 Å². The molecule has 3 nitrogen and oxygen atoms in total. The minimum absolute atomic E-state index is 0.271. The van der Waals surface area contributed by atoms with Crippen LogP contribution in [0.1, 0.15) is 47.0 Å². The molecule has 0 bridgehead atoms. The summed E-state index contributed by atoms with van der Waals surface area (Å²) >= 11 is 0. The second-order valence-corrected chi connectivity index (χ2v) is 4.32. The standard InChI is InChI=1S/C12H26N2O/c1-5-11(4)14(6-2)12(15)8-7-10(3)9-13/h10-11H,5-9,13H2,1-4H3. The number of hydrogen-bond donors (Lipinski definition) is 1. The molecular formula is C12H26N2O. The molecule has 0 aliphatic carbocycles. The molecule has 0 saturated heterocycles. The van der Waals surface area contributed by atoms with Gasteiger partial charge in [-0.1, -0.05) is 13.8 Å². The SMILES string of the molecule is CCC(C)N(CC)C(=O)CCC(C)CN. The molecule has 2 N–H and O–H groups in total. The van der Waals surface area contributed by atoms with Gasteiger partial charge < -0.3 is 10.6 Å². The van der Waals surface area contributed by atoms with Crippen LogP contribution >= 0.6 is 0 Å². The van der Waals surface area contributed by atoms with Crippen LogP contribution in [0, 0.1) is 5.92 Å². The molecule has 3 heteroatoms. The van der Waals surface area contributed by atoms with E-state index in [4.69, 9.17) is 5.73 Å². The van der Waals surface area contributed by atoms with Crippen LogP contribution in [-0.2, 0) is 4.79 Å². The monoisotopic (exact) mass is 214 g/mol. The van der Waals surface area contributed by atoms with Crippen molar-refractivity contribution in [3.8, 4) is 0 Å². The largest absolute Gasteiger partial charge is 0.340 e. The molecule has 1 amide bonds. The van der Waals surface area contributed by atoms with Crippen LogP contribution in [0.15, 0.2) is 0 Å². The topological polar surface area (TPSA) is 46.3 Å². The predicted molar refractivity (Wildman–Crippen MR) is 64.6 cm³/mol. The lowest BCUT2D eigenvalue weighted by Gasteiger charge is -2.27. The van der Waals surface area contributed by atoms with Gasteiger partial charge in [-0.15, -0.1) is 0 Å². The van der Waals surface area contributed by atoms with Crippen LogP contribution in [0.4, 0.5) is 0 Å². The van der Waals surface area contributed by atoms with Crippen molar-refractivity contribution in [2.45, 2.75) is 53.0 Å². The summed E-state index contributed by atoms with van der Waals surface area (Å²) in [4.78, 5) is 13.8. The summed E-state index contributed by atoms with van der Waals surface area (Å²) < 4.78 is 0. The summed E-state index contributed by atoms with van der Waals surface area (Å²) in [5.41, 5.74) is 5.53. The first kappa shape index (κ1) is 14.4. The first-order chi connectivity index (χ1) is 7.06. The Morgan fingerprint density at radius 3 is 2.33 bits per heavy atom. The van der Waals surface area contributed by atoms with Crippen LogP contribution in [-0.4, -0.2) is 29.9 Å². The van der Waals surface area contributed by atoms with Crippen molar-refractivity contribution >= 4 is 5.91 Å². The van der Waals surface area contributed by atoms with Gasteiger partial charge >= 0.3 is 0 Å². The molecule has 2 atom stereocenters.